The molecule has 0 aliphatic rings. The van der Waals surface area contributed by atoms with Gasteiger partial charge in [-0.15, -0.1) is 0 Å². The van der Waals surface area contributed by atoms with Gasteiger partial charge in [0.15, 0.2) is 0 Å². The van der Waals surface area contributed by atoms with E-state index in [4.69, 9.17) is 0 Å². The minimum absolute atomic E-state index is 0.00208. The third-order valence-corrected chi connectivity index (χ3v) is 4.24. The Kier molecular flexibility index (Phi) is 5.03. The number of aryl methyl sites for hydroxylation is 1. The van der Waals surface area contributed by atoms with Crippen LogP contribution in [-0.4, -0.2) is 15.7 Å². The quantitative estimate of drug-likeness (QED) is 0.735. The molecule has 1 amide bonds. The van der Waals surface area contributed by atoms with E-state index >= 15 is 0 Å². The highest BCUT2D eigenvalue weighted by Gasteiger charge is 2.30. The molecule has 0 aliphatic heterocycles. The third kappa shape index (κ3) is 4.19. The molecular weight excluding hydrogens is 355 g/mol. The zero-order chi connectivity index (χ0) is 19.6. The molecule has 0 bridgehead atoms. The molecule has 0 unspecified atom stereocenters. The van der Waals surface area contributed by atoms with Crippen LogP contribution in [0.5, 0.6) is 0 Å². The van der Waals surface area contributed by atoms with Crippen molar-refractivity contribution in [2.45, 2.75) is 26.6 Å². The molecule has 0 spiro atoms. The molecule has 0 radical (unpaired) electrons. The van der Waals surface area contributed by atoms with E-state index in [-0.39, 0.29) is 12.5 Å². The highest BCUT2D eigenvalue weighted by molar-refractivity contribution is 5.95. The van der Waals surface area contributed by atoms with Crippen LogP contribution in [0.15, 0.2) is 54.7 Å². The summed E-state index contributed by atoms with van der Waals surface area (Å²) in [5, 5.41) is 6.89. The fraction of sp³-hybridized carbons (Fsp3) is 0.200. The van der Waals surface area contributed by atoms with E-state index in [1.807, 2.05) is 31.2 Å². The summed E-state index contributed by atoms with van der Waals surface area (Å²) in [5.41, 5.74) is 2.61. The standard InChI is InChI=1S/C20H18F3N3O/c1-13-6-8-17(9-7-13)26-14(2)18(12-25-26)19(27)24-11-15-4-3-5-16(10-15)20(21,22)23/h3-10,12H,11H2,1-2H3,(H,24,27). The van der Waals surface area contributed by atoms with Gasteiger partial charge in [0.2, 0.25) is 0 Å². The lowest BCUT2D eigenvalue weighted by molar-refractivity contribution is -0.137. The van der Waals surface area contributed by atoms with Crippen molar-refractivity contribution < 1.29 is 18.0 Å². The zero-order valence-electron chi connectivity index (χ0n) is 14.8. The van der Waals surface area contributed by atoms with Crippen LogP contribution in [0.1, 0.15) is 32.7 Å². The van der Waals surface area contributed by atoms with Crippen LogP contribution in [-0.2, 0) is 12.7 Å². The van der Waals surface area contributed by atoms with Crippen molar-refractivity contribution >= 4 is 5.91 Å². The van der Waals surface area contributed by atoms with Gasteiger partial charge in [-0.05, 0) is 43.7 Å². The van der Waals surface area contributed by atoms with Gasteiger partial charge in [-0.25, -0.2) is 4.68 Å². The Morgan fingerprint density at radius 2 is 1.81 bits per heavy atom. The number of nitrogens with zero attached hydrogens (tertiary/aromatic N) is 2. The first-order chi connectivity index (χ1) is 12.8. The molecule has 27 heavy (non-hydrogen) atoms. The Morgan fingerprint density at radius 3 is 2.48 bits per heavy atom. The Morgan fingerprint density at radius 1 is 1.11 bits per heavy atom. The number of amides is 1. The first-order valence-electron chi connectivity index (χ1n) is 8.31. The van der Waals surface area contributed by atoms with Crippen LogP contribution >= 0.6 is 0 Å². The Hall–Kier alpha value is -3.09. The van der Waals surface area contributed by atoms with Gasteiger partial charge in [-0.1, -0.05) is 29.8 Å². The monoisotopic (exact) mass is 373 g/mol. The maximum Gasteiger partial charge on any atom is 0.416 e. The van der Waals surface area contributed by atoms with Gasteiger partial charge in [-0.3, -0.25) is 4.79 Å². The molecule has 1 aromatic heterocycles. The molecule has 4 nitrogen and oxygen atoms in total. The summed E-state index contributed by atoms with van der Waals surface area (Å²) in [6.45, 7) is 3.75. The number of hydrogen-bond donors (Lipinski definition) is 1. The molecule has 0 aliphatic carbocycles. The van der Waals surface area contributed by atoms with Crippen molar-refractivity contribution in [3.63, 3.8) is 0 Å². The van der Waals surface area contributed by atoms with Crippen molar-refractivity contribution in [3.8, 4) is 5.69 Å². The molecule has 0 saturated carbocycles. The third-order valence-electron chi connectivity index (χ3n) is 4.24. The molecule has 0 fully saturated rings. The zero-order valence-corrected chi connectivity index (χ0v) is 14.8. The average molecular weight is 373 g/mol. The second-order valence-corrected chi connectivity index (χ2v) is 6.27. The fourth-order valence-corrected chi connectivity index (χ4v) is 2.71. The molecular formula is C20H18F3N3O. The van der Waals surface area contributed by atoms with Gasteiger partial charge in [0.25, 0.3) is 5.91 Å². The van der Waals surface area contributed by atoms with Crippen LogP contribution in [0.25, 0.3) is 5.69 Å². The Balaban J connectivity index is 1.73. The summed E-state index contributed by atoms with van der Waals surface area (Å²) in [5.74, 6) is -0.386. The van der Waals surface area contributed by atoms with Crippen LogP contribution < -0.4 is 5.32 Å². The minimum Gasteiger partial charge on any atom is -0.348 e. The predicted octanol–water partition coefficient (Wildman–Crippen LogP) is 4.44. The number of nitrogens with one attached hydrogen (secondary N) is 1. The van der Waals surface area contributed by atoms with Crippen LogP contribution in [0, 0.1) is 13.8 Å². The average Bonchev–Trinajstić information content (AvgIpc) is 3.01. The largest absolute Gasteiger partial charge is 0.416 e. The lowest BCUT2D eigenvalue weighted by Gasteiger charge is -2.10. The Labute approximate surface area is 154 Å². The number of carbonyl (C=O) groups excluding carboxylic acids is 1. The fourth-order valence-electron chi connectivity index (χ4n) is 2.71. The van der Waals surface area contributed by atoms with E-state index in [1.165, 1.54) is 18.3 Å². The number of aromatic nitrogens is 2. The van der Waals surface area contributed by atoms with E-state index in [0.717, 1.165) is 23.4 Å². The SMILES string of the molecule is Cc1ccc(-n2ncc(C(=O)NCc3cccc(C(F)(F)F)c3)c2C)cc1. The number of halogens is 3. The normalized spacial score (nSPS) is 11.4. The number of benzene rings is 2. The molecule has 0 atom stereocenters. The predicted molar refractivity (Wildman–Crippen MR) is 95.7 cm³/mol. The maximum absolute atomic E-state index is 12.8. The summed E-state index contributed by atoms with van der Waals surface area (Å²) in [6.07, 6.45) is -2.96. The van der Waals surface area contributed by atoms with Gasteiger partial charge in [-0.2, -0.15) is 18.3 Å². The minimum atomic E-state index is -4.41. The highest BCUT2D eigenvalue weighted by atomic mass is 19.4. The molecule has 3 aromatic rings. The summed E-state index contributed by atoms with van der Waals surface area (Å²) in [7, 11) is 0. The highest BCUT2D eigenvalue weighted by Crippen LogP contribution is 2.29. The van der Waals surface area contributed by atoms with Gasteiger partial charge < -0.3 is 5.32 Å². The molecule has 2 aromatic carbocycles. The van der Waals surface area contributed by atoms with Crippen molar-refractivity contribution in [2.75, 3.05) is 0 Å². The number of rotatable bonds is 4. The summed E-state index contributed by atoms with van der Waals surface area (Å²) in [6, 6.07) is 12.6. The van der Waals surface area contributed by atoms with E-state index < -0.39 is 11.7 Å². The molecule has 1 heterocycles. The van der Waals surface area contributed by atoms with Crippen LogP contribution in [0.2, 0.25) is 0 Å². The maximum atomic E-state index is 12.8. The topological polar surface area (TPSA) is 46.9 Å². The van der Waals surface area contributed by atoms with Crippen molar-refractivity contribution in [2.24, 2.45) is 0 Å². The second kappa shape index (κ2) is 7.26. The molecule has 7 heteroatoms. The first kappa shape index (κ1) is 18.7. The number of hydrogen-bond acceptors (Lipinski definition) is 2. The lowest BCUT2D eigenvalue weighted by atomic mass is 10.1. The first-order valence-corrected chi connectivity index (χ1v) is 8.31. The number of carbonyl (C=O) groups is 1. The molecule has 140 valence electrons. The van der Waals surface area contributed by atoms with Crippen molar-refractivity contribution in [1.82, 2.24) is 15.1 Å². The van der Waals surface area contributed by atoms with E-state index in [9.17, 15) is 18.0 Å². The smallest absolute Gasteiger partial charge is 0.348 e. The van der Waals surface area contributed by atoms with Crippen LogP contribution in [0.3, 0.4) is 0 Å². The second-order valence-electron chi connectivity index (χ2n) is 6.27. The molecule has 3 rings (SSSR count). The summed E-state index contributed by atoms with van der Waals surface area (Å²) < 4.78 is 40.0. The van der Waals surface area contributed by atoms with Gasteiger partial charge >= 0.3 is 6.18 Å². The van der Waals surface area contributed by atoms with Crippen LogP contribution in [0.4, 0.5) is 13.2 Å². The van der Waals surface area contributed by atoms with Gasteiger partial charge in [0.1, 0.15) is 0 Å². The summed E-state index contributed by atoms with van der Waals surface area (Å²) in [4.78, 5) is 12.4. The number of alkyl halides is 3. The van der Waals surface area contributed by atoms with Gasteiger partial charge in [0.05, 0.1) is 28.7 Å². The van der Waals surface area contributed by atoms with E-state index in [1.54, 1.807) is 11.6 Å². The molecule has 1 N–H and O–H groups in total. The molecule has 0 saturated heterocycles. The van der Waals surface area contributed by atoms with Gasteiger partial charge in [0, 0.05) is 6.54 Å². The Bertz CT molecular complexity index is 959. The van der Waals surface area contributed by atoms with Crippen molar-refractivity contribution in [1.29, 1.82) is 0 Å². The van der Waals surface area contributed by atoms with Crippen molar-refractivity contribution in [3.05, 3.63) is 82.7 Å². The summed E-state index contributed by atoms with van der Waals surface area (Å²) >= 11 is 0. The lowest BCUT2D eigenvalue weighted by Crippen LogP contribution is -2.23. The van der Waals surface area contributed by atoms with E-state index in [2.05, 4.69) is 10.4 Å². The van der Waals surface area contributed by atoms with E-state index in [0.29, 0.717) is 16.8 Å².